The number of likely N-dealkylation sites (tertiary alicyclic amines) is 1. The molecule has 1 fully saturated rings. The molecule has 1 unspecified atom stereocenters. The first kappa shape index (κ1) is 9.46. The highest BCUT2D eigenvalue weighted by Crippen LogP contribution is 2.32. The van der Waals surface area contributed by atoms with Crippen molar-refractivity contribution in [3.8, 4) is 0 Å². The summed E-state index contributed by atoms with van der Waals surface area (Å²) in [5.74, 6) is 0.283. The first-order valence-corrected chi connectivity index (χ1v) is 5.58. The molecule has 0 aliphatic carbocycles. The van der Waals surface area contributed by atoms with Crippen molar-refractivity contribution in [2.45, 2.75) is 12.3 Å². The zero-order valence-electron chi connectivity index (χ0n) is 9.23. The standard InChI is InChI=1S/C13H14N2O/c1-15-7-6-10(13(15)16)11-8-14-12-5-3-2-4-9(11)12/h2-5,8,10,14H,6-7H2,1H3. The molecule has 2 aromatic rings. The largest absolute Gasteiger partial charge is 0.361 e. The molecule has 1 saturated heterocycles. The Morgan fingerprint density at radius 3 is 2.94 bits per heavy atom. The summed E-state index contributed by atoms with van der Waals surface area (Å²) < 4.78 is 0. The molecule has 0 radical (unpaired) electrons. The van der Waals surface area contributed by atoms with Crippen molar-refractivity contribution in [3.63, 3.8) is 0 Å². The Hall–Kier alpha value is -1.77. The van der Waals surface area contributed by atoms with Gasteiger partial charge in [0.2, 0.25) is 5.91 Å². The summed E-state index contributed by atoms with van der Waals surface area (Å²) in [6.07, 6.45) is 2.91. The summed E-state index contributed by atoms with van der Waals surface area (Å²) in [6, 6.07) is 8.14. The monoisotopic (exact) mass is 214 g/mol. The summed E-state index contributed by atoms with van der Waals surface area (Å²) in [6.45, 7) is 0.864. The van der Waals surface area contributed by atoms with Gasteiger partial charge in [-0.15, -0.1) is 0 Å². The van der Waals surface area contributed by atoms with E-state index in [2.05, 4.69) is 11.1 Å². The third kappa shape index (κ3) is 1.24. The average Bonchev–Trinajstić information content (AvgIpc) is 2.85. The molecule has 82 valence electrons. The lowest BCUT2D eigenvalue weighted by Gasteiger charge is -2.09. The van der Waals surface area contributed by atoms with Crippen molar-refractivity contribution in [2.24, 2.45) is 0 Å². The minimum atomic E-state index is 0.0427. The minimum absolute atomic E-state index is 0.0427. The highest BCUT2D eigenvalue weighted by Gasteiger charge is 2.31. The summed E-state index contributed by atoms with van der Waals surface area (Å²) in [5.41, 5.74) is 2.25. The van der Waals surface area contributed by atoms with E-state index < -0.39 is 0 Å². The Balaban J connectivity index is 2.10. The predicted octanol–water partition coefficient (Wildman–Crippen LogP) is 2.11. The Kier molecular flexibility index (Phi) is 1.99. The van der Waals surface area contributed by atoms with E-state index in [1.165, 1.54) is 5.39 Å². The second kappa shape index (κ2) is 3.37. The molecule has 3 heteroatoms. The van der Waals surface area contributed by atoms with Crippen LogP contribution in [0.15, 0.2) is 30.5 Å². The lowest BCUT2D eigenvalue weighted by molar-refractivity contribution is -0.127. The van der Waals surface area contributed by atoms with Gasteiger partial charge in [0, 0.05) is 30.7 Å². The van der Waals surface area contributed by atoms with Crippen molar-refractivity contribution in [2.75, 3.05) is 13.6 Å². The van der Waals surface area contributed by atoms with Crippen LogP contribution in [0.5, 0.6) is 0 Å². The average molecular weight is 214 g/mol. The molecule has 16 heavy (non-hydrogen) atoms. The molecule has 2 heterocycles. The molecule has 0 spiro atoms. The molecule has 1 aliphatic heterocycles. The van der Waals surface area contributed by atoms with Crippen LogP contribution in [0, 0.1) is 0 Å². The lowest BCUT2D eigenvalue weighted by atomic mass is 9.97. The highest BCUT2D eigenvalue weighted by molar-refractivity contribution is 5.93. The number of carbonyl (C=O) groups excluding carboxylic acids is 1. The fourth-order valence-corrected chi connectivity index (χ4v) is 2.49. The van der Waals surface area contributed by atoms with E-state index in [0.29, 0.717) is 0 Å². The number of aromatic nitrogens is 1. The van der Waals surface area contributed by atoms with Crippen LogP contribution in [0.2, 0.25) is 0 Å². The van der Waals surface area contributed by atoms with E-state index in [-0.39, 0.29) is 11.8 Å². The molecule has 3 nitrogen and oxygen atoms in total. The maximum absolute atomic E-state index is 12.0. The number of benzene rings is 1. The van der Waals surface area contributed by atoms with Crippen LogP contribution in [0.25, 0.3) is 10.9 Å². The Morgan fingerprint density at radius 2 is 2.19 bits per heavy atom. The molecular formula is C13H14N2O. The van der Waals surface area contributed by atoms with Crippen LogP contribution in [0.1, 0.15) is 17.9 Å². The van der Waals surface area contributed by atoms with E-state index >= 15 is 0 Å². The van der Waals surface area contributed by atoms with E-state index in [1.807, 2.05) is 36.3 Å². The van der Waals surface area contributed by atoms with E-state index in [9.17, 15) is 4.79 Å². The zero-order valence-corrected chi connectivity index (χ0v) is 9.23. The van der Waals surface area contributed by atoms with Gasteiger partial charge in [0.05, 0.1) is 5.92 Å². The molecule has 1 amide bonds. The molecular weight excluding hydrogens is 200 g/mol. The summed E-state index contributed by atoms with van der Waals surface area (Å²) >= 11 is 0. The van der Waals surface area contributed by atoms with Gasteiger partial charge in [-0.3, -0.25) is 4.79 Å². The second-order valence-electron chi connectivity index (χ2n) is 4.39. The number of nitrogens with zero attached hydrogens (tertiary/aromatic N) is 1. The van der Waals surface area contributed by atoms with E-state index in [0.717, 1.165) is 24.0 Å². The number of para-hydroxylation sites is 1. The number of carbonyl (C=O) groups is 1. The van der Waals surface area contributed by atoms with Crippen molar-refractivity contribution in [3.05, 3.63) is 36.0 Å². The lowest BCUT2D eigenvalue weighted by Crippen LogP contribution is -2.21. The summed E-state index contributed by atoms with van der Waals surface area (Å²) in [4.78, 5) is 17.0. The van der Waals surface area contributed by atoms with Crippen molar-refractivity contribution >= 4 is 16.8 Å². The third-order valence-corrected chi connectivity index (χ3v) is 3.42. The number of hydrogen-bond donors (Lipinski definition) is 1. The van der Waals surface area contributed by atoms with Crippen LogP contribution in [-0.2, 0) is 4.79 Å². The van der Waals surface area contributed by atoms with Gasteiger partial charge in [-0.2, -0.15) is 0 Å². The topological polar surface area (TPSA) is 36.1 Å². The van der Waals surface area contributed by atoms with Gasteiger partial charge in [-0.1, -0.05) is 18.2 Å². The molecule has 3 rings (SSSR count). The van der Waals surface area contributed by atoms with Crippen LogP contribution in [-0.4, -0.2) is 29.4 Å². The minimum Gasteiger partial charge on any atom is -0.361 e. The van der Waals surface area contributed by atoms with Gasteiger partial charge >= 0.3 is 0 Å². The maximum atomic E-state index is 12.0. The predicted molar refractivity (Wildman–Crippen MR) is 63.3 cm³/mol. The van der Waals surface area contributed by atoms with Crippen molar-refractivity contribution in [1.82, 2.24) is 9.88 Å². The zero-order chi connectivity index (χ0) is 11.1. The quantitative estimate of drug-likeness (QED) is 0.775. The van der Waals surface area contributed by atoms with Gasteiger partial charge < -0.3 is 9.88 Å². The Morgan fingerprint density at radius 1 is 1.38 bits per heavy atom. The van der Waals surface area contributed by atoms with Crippen LogP contribution in [0.4, 0.5) is 0 Å². The number of hydrogen-bond acceptors (Lipinski definition) is 1. The number of H-pyrrole nitrogens is 1. The molecule has 0 bridgehead atoms. The fraction of sp³-hybridized carbons (Fsp3) is 0.308. The van der Waals surface area contributed by atoms with E-state index in [4.69, 9.17) is 0 Å². The molecule has 1 aromatic heterocycles. The van der Waals surface area contributed by atoms with E-state index in [1.54, 1.807) is 0 Å². The van der Waals surface area contributed by atoms with Gasteiger partial charge in [0.15, 0.2) is 0 Å². The molecule has 1 atom stereocenters. The summed E-state index contributed by atoms with van der Waals surface area (Å²) in [5, 5.41) is 1.18. The number of fused-ring (bicyclic) bond motifs is 1. The van der Waals surface area contributed by atoms with Crippen LogP contribution >= 0.6 is 0 Å². The van der Waals surface area contributed by atoms with Gasteiger partial charge in [0.1, 0.15) is 0 Å². The molecule has 1 aromatic carbocycles. The first-order valence-electron chi connectivity index (χ1n) is 5.58. The van der Waals surface area contributed by atoms with Gasteiger partial charge in [0.25, 0.3) is 0 Å². The van der Waals surface area contributed by atoms with Gasteiger partial charge in [-0.25, -0.2) is 0 Å². The SMILES string of the molecule is CN1CCC(c2c[nH]c3ccccc23)C1=O. The number of rotatable bonds is 1. The number of aromatic amines is 1. The molecule has 1 N–H and O–H groups in total. The van der Waals surface area contributed by atoms with Crippen LogP contribution in [0.3, 0.4) is 0 Å². The number of amides is 1. The maximum Gasteiger partial charge on any atom is 0.230 e. The van der Waals surface area contributed by atoms with Crippen molar-refractivity contribution in [1.29, 1.82) is 0 Å². The van der Waals surface area contributed by atoms with Crippen LogP contribution < -0.4 is 0 Å². The van der Waals surface area contributed by atoms with Crippen molar-refractivity contribution < 1.29 is 4.79 Å². The first-order chi connectivity index (χ1) is 7.77. The Bertz CT molecular complexity index is 544. The fourth-order valence-electron chi connectivity index (χ4n) is 2.49. The highest BCUT2D eigenvalue weighted by atomic mass is 16.2. The molecule has 1 aliphatic rings. The Labute approximate surface area is 94.1 Å². The van der Waals surface area contributed by atoms with Gasteiger partial charge in [-0.05, 0) is 18.1 Å². The normalized spacial score (nSPS) is 20.9. The number of likely N-dealkylation sites (N-methyl/N-ethyl adjacent to an activating group) is 1. The smallest absolute Gasteiger partial charge is 0.230 e. The molecule has 0 saturated carbocycles. The number of nitrogens with one attached hydrogen (secondary N) is 1. The second-order valence-corrected chi connectivity index (χ2v) is 4.39. The third-order valence-electron chi connectivity index (χ3n) is 3.42. The summed E-state index contributed by atoms with van der Waals surface area (Å²) in [7, 11) is 1.87.